The van der Waals surface area contributed by atoms with Gasteiger partial charge in [-0.2, -0.15) is 0 Å². The summed E-state index contributed by atoms with van der Waals surface area (Å²) in [5.41, 5.74) is 0. The van der Waals surface area contributed by atoms with Crippen LogP contribution in [0.2, 0.25) is 0 Å². The minimum absolute atomic E-state index is 0.0185. The summed E-state index contributed by atoms with van der Waals surface area (Å²) in [7, 11) is 0. The Morgan fingerprint density at radius 3 is 2.93 bits per heavy atom. The molecule has 0 N–H and O–H groups in total. The van der Waals surface area contributed by atoms with Crippen molar-refractivity contribution >= 4 is 17.4 Å². The Morgan fingerprint density at radius 2 is 2.27 bits per heavy atom. The molecule has 82 valence electrons. The Labute approximate surface area is 91.9 Å². The van der Waals surface area contributed by atoms with Gasteiger partial charge in [-0.15, -0.1) is 11.6 Å². The molecule has 0 spiro atoms. The fourth-order valence-electron chi connectivity index (χ4n) is 1.76. The summed E-state index contributed by atoms with van der Waals surface area (Å²) in [5, 5.41) is 0.0185. The van der Waals surface area contributed by atoms with E-state index in [0.717, 1.165) is 31.6 Å². The fourth-order valence-corrected chi connectivity index (χ4v) is 2.08. The Hall–Kier alpha value is -0.900. The van der Waals surface area contributed by atoms with Crippen molar-refractivity contribution in [1.29, 1.82) is 0 Å². The topological polar surface area (TPSA) is 16.1 Å². The predicted octanol–water partition coefficient (Wildman–Crippen LogP) is 2.57. The second-order valence-corrected chi connectivity index (χ2v) is 4.26. The number of hydrogen-bond acceptors (Lipinski definition) is 2. The summed E-state index contributed by atoms with van der Waals surface area (Å²) in [6.45, 7) is 1.29. The summed E-state index contributed by atoms with van der Waals surface area (Å²) in [6.07, 6.45) is 2.86. The second-order valence-electron chi connectivity index (χ2n) is 3.64. The van der Waals surface area contributed by atoms with E-state index in [4.69, 9.17) is 11.6 Å². The molecule has 2 rings (SSSR count). The van der Waals surface area contributed by atoms with Gasteiger partial charge in [-0.1, -0.05) is 0 Å². The summed E-state index contributed by atoms with van der Waals surface area (Å²) >= 11 is 5.98. The molecule has 1 aromatic rings. The predicted molar refractivity (Wildman–Crippen MR) is 55.2 cm³/mol. The second kappa shape index (κ2) is 4.31. The summed E-state index contributed by atoms with van der Waals surface area (Å²) in [5.74, 6) is -1.09. The highest BCUT2D eigenvalue weighted by atomic mass is 35.5. The highest BCUT2D eigenvalue weighted by Gasteiger charge is 2.21. The van der Waals surface area contributed by atoms with Crippen LogP contribution in [0.5, 0.6) is 0 Å². The lowest BCUT2D eigenvalue weighted by atomic mass is 10.1. The third kappa shape index (κ3) is 2.37. The van der Waals surface area contributed by atoms with Crippen LogP contribution in [0.3, 0.4) is 0 Å². The Bertz CT molecular complexity index is 359. The van der Waals surface area contributed by atoms with Crippen molar-refractivity contribution in [2.24, 2.45) is 0 Å². The zero-order valence-corrected chi connectivity index (χ0v) is 8.84. The number of hydrogen-bond donors (Lipinski definition) is 0. The van der Waals surface area contributed by atoms with E-state index in [1.165, 1.54) is 0 Å². The number of halogens is 3. The summed E-state index contributed by atoms with van der Waals surface area (Å²) in [4.78, 5) is 5.51. The average molecular weight is 233 g/mol. The van der Waals surface area contributed by atoms with Gasteiger partial charge in [-0.3, -0.25) is 0 Å². The summed E-state index contributed by atoms with van der Waals surface area (Å²) < 4.78 is 26.0. The van der Waals surface area contributed by atoms with Crippen LogP contribution in [0, 0.1) is 11.6 Å². The van der Waals surface area contributed by atoms with Crippen LogP contribution < -0.4 is 4.90 Å². The van der Waals surface area contributed by atoms with Crippen molar-refractivity contribution in [3.05, 3.63) is 23.9 Å². The van der Waals surface area contributed by atoms with Crippen LogP contribution in [0.25, 0.3) is 0 Å². The molecule has 1 aromatic heterocycles. The van der Waals surface area contributed by atoms with E-state index in [1.807, 2.05) is 0 Å². The molecule has 0 amide bonds. The fraction of sp³-hybridized carbons (Fsp3) is 0.500. The molecule has 1 aliphatic heterocycles. The highest BCUT2D eigenvalue weighted by Crippen LogP contribution is 2.23. The highest BCUT2D eigenvalue weighted by molar-refractivity contribution is 6.21. The zero-order valence-electron chi connectivity index (χ0n) is 8.09. The van der Waals surface area contributed by atoms with Gasteiger partial charge in [-0.05, 0) is 12.8 Å². The Kier molecular flexibility index (Phi) is 3.05. The van der Waals surface area contributed by atoms with Crippen molar-refractivity contribution in [3.8, 4) is 0 Å². The minimum atomic E-state index is -0.657. The van der Waals surface area contributed by atoms with Gasteiger partial charge in [0.05, 0.1) is 11.6 Å². The molecule has 1 aliphatic rings. The first-order valence-corrected chi connectivity index (χ1v) is 5.30. The van der Waals surface area contributed by atoms with E-state index >= 15 is 0 Å². The van der Waals surface area contributed by atoms with Crippen LogP contribution >= 0.6 is 11.6 Å². The first-order chi connectivity index (χ1) is 7.16. The Morgan fingerprint density at radius 1 is 1.47 bits per heavy atom. The Balaban J connectivity index is 2.21. The van der Waals surface area contributed by atoms with Crippen LogP contribution in [0.1, 0.15) is 12.8 Å². The van der Waals surface area contributed by atoms with Gasteiger partial charge in [0.15, 0.2) is 11.6 Å². The van der Waals surface area contributed by atoms with Crippen molar-refractivity contribution in [2.45, 2.75) is 18.2 Å². The molecule has 2 nitrogen and oxygen atoms in total. The van der Waals surface area contributed by atoms with E-state index in [0.29, 0.717) is 6.54 Å². The van der Waals surface area contributed by atoms with Gasteiger partial charge in [-0.25, -0.2) is 13.8 Å². The maximum Gasteiger partial charge on any atom is 0.168 e. The number of nitrogens with zero attached hydrogens (tertiary/aromatic N) is 2. The largest absolute Gasteiger partial charge is 0.353 e. The number of alkyl halides is 1. The standard InChI is InChI=1S/C10H11ClF2N2/c11-7-2-1-3-15(6-7)10-9(13)4-8(12)5-14-10/h4-5,7H,1-3,6H2. The molecule has 1 atom stereocenters. The zero-order chi connectivity index (χ0) is 10.8. The smallest absolute Gasteiger partial charge is 0.168 e. The maximum atomic E-state index is 13.4. The van der Waals surface area contributed by atoms with Crippen molar-refractivity contribution in [3.63, 3.8) is 0 Å². The van der Waals surface area contributed by atoms with Gasteiger partial charge < -0.3 is 4.90 Å². The molecule has 5 heteroatoms. The van der Waals surface area contributed by atoms with E-state index in [-0.39, 0.29) is 11.2 Å². The molecule has 0 aromatic carbocycles. The van der Waals surface area contributed by atoms with Crippen molar-refractivity contribution in [2.75, 3.05) is 18.0 Å². The first-order valence-electron chi connectivity index (χ1n) is 4.87. The monoisotopic (exact) mass is 232 g/mol. The first kappa shape index (κ1) is 10.6. The number of pyridine rings is 1. The SMILES string of the molecule is Fc1cnc(N2CCCC(Cl)C2)c(F)c1. The van der Waals surface area contributed by atoms with Gasteiger partial charge in [0.2, 0.25) is 0 Å². The van der Waals surface area contributed by atoms with E-state index in [2.05, 4.69) is 4.98 Å². The van der Waals surface area contributed by atoms with Crippen LogP contribution in [-0.2, 0) is 0 Å². The molecule has 1 fully saturated rings. The molecule has 1 unspecified atom stereocenters. The van der Waals surface area contributed by atoms with Crippen molar-refractivity contribution < 1.29 is 8.78 Å². The van der Waals surface area contributed by atoms with E-state index in [9.17, 15) is 8.78 Å². The van der Waals surface area contributed by atoms with Crippen molar-refractivity contribution in [1.82, 2.24) is 4.98 Å². The molecular weight excluding hydrogens is 222 g/mol. The van der Waals surface area contributed by atoms with E-state index in [1.54, 1.807) is 4.90 Å². The number of anilines is 1. The lowest BCUT2D eigenvalue weighted by molar-refractivity contribution is 0.540. The lowest BCUT2D eigenvalue weighted by Gasteiger charge is -2.30. The van der Waals surface area contributed by atoms with Gasteiger partial charge in [0.25, 0.3) is 0 Å². The third-order valence-corrected chi connectivity index (χ3v) is 2.81. The van der Waals surface area contributed by atoms with Crippen LogP contribution in [0.15, 0.2) is 12.3 Å². The molecule has 15 heavy (non-hydrogen) atoms. The molecule has 0 aliphatic carbocycles. The van der Waals surface area contributed by atoms with E-state index < -0.39 is 11.6 Å². The molecule has 1 saturated heterocycles. The van der Waals surface area contributed by atoms with Gasteiger partial charge >= 0.3 is 0 Å². The molecule has 0 radical (unpaired) electrons. The lowest BCUT2D eigenvalue weighted by Crippen LogP contribution is -2.37. The molecule has 0 saturated carbocycles. The quantitative estimate of drug-likeness (QED) is 0.692. The average Bonchev–Trinajstić information content (AvgIpc) is 2.17. The number of piperidine rings is 1. The number of aromatic nitrogens is 1. The van der Waals surface area contributed by atoms with Crippen LogP contribution in [0.4, 0.5) is 14.6 Å². The maximum absolute atomic E-state index is 13.4. The van der Waals surface area contributed by atoms with Crippen LogP contribution in [-0.4, -0.2) is 23.5 Å². The minimum Gasteiger partial charge on any atom is -0.353 e. The normalized spacial score (nSPS) is 21.8. The molecular formula is C10H11ClF2N2. The number of rotatable bonds is 1. The van der Waals surface area contributed by atoms with Gasteiger partial charge in [0, 0.05) is 19.2 Å². The molecule has 2 heterocycles. The van der Waals surface area contributed by atoms with Gasteiger partial charge in [0.1, 0.15) is 5.82 Å². The summed E-state index contributed by atoms with van der Waals surface area (Å²) in [6, 6.07) is 0.847. The molecule has 0 bridgehead atoms. The third-order valence-electron chi connectivity index (χ3n) is 2.45.